The maximum absolute atomic E-state index is 11.8. The first-order chi connectivity index (χ1) is 8.66. The summed E-state index contributed by atoms with van der Waals surface area (Å²) < 4.78 is 26.1. The average molecular weight is 270 g/mol. The number of hydrogen-bond acceptors (Lipinski definition) is 5. The Morgan fingerprint density at radius 2 is 2.28 bits per heavy atom. The Kier molecular flexibility index (Phi) is 4.48. The lowest BCUT2D eigenvalue weighted by atomic mass is 10.0. The lowest BCUT2D eigenvalue weighted by Gasteiger charge is -2.23. The van der Waals surface area contributed by atoms with E-state index in [1.54, 1.807) is 0 Å². The van der Waals surface area contributed by atoms with Crippen LogP contribution in [0.3, 0.4) is 0 Å². The number of nitrogens with zero attached hydrogens (tertiary/aromatic N) is 2. The van der Waals surface area contributed by atoms with Crippen LogP contribution in [0.1, 0.15) is 25.7 Å². The quantitative estimate of drug-likeness (QED) is 0.825. The smallest absolute Gasteiger partial charge is 0.233 e. The molecule has 0 radical (unpaired) electrons. The Balaban J connectivity index is 1.83. The van der Waals surface area contributed by atoms with Crippen molar-refractivity contribution in [1.82, 2.24) is 15.3 Å². The fraction of sp³-hybridized carbons (Fsp3) is 0.636. The van der Waals surface area contributed by atoms with Gasteiger partial charge in [-0.05, 0) is 25.8 Å². The summed E-state index contributed by atoms with van der Waals surface area (Å²) in [6.45, 7) is 0.988. The molecule has 1 aromatic rings. The van der Waals surface area contributed by atoms with Crippen LogP contribution in [0.25, 0.3) is 0 Å². The molecule has 0 bridgehead atoms. The number of nitrogens with one attached hydrogen (secondary N) is 2. The number of hydrogen-bond donors (Lipinski definition) is 2. The lowest BCUT2D eigenvalue weighted by molar-refractivity contribution is 0.393. The third kappa shape index (κ3) is 4.23. The van der Waals surface area contributed by atoms with Crippen molar-refractivity contribution in [3.8, 4) is 0 Å². The van der Waals surface area contributed by atoms with Crippen LogP contribution in [0.15, 0.2) is 18.6 Å². The van der Waals surface area contributed by atoms with E-state index in [2.05, 4.69) is 20.0 Å². The molecule has 2 N–H and O–H groups in total. The van der Waals surface area contributed by atoms with Crippen molar-refractivity contribution in [2.75, 3.05) is 17.0 Å². The molecule has 18 heavy (non-hydrogen) atoms. The molecule has 1 unspecified atom stereocenters. The van der Waals surface area contributed by atoms with Gasteiger partial charge in [0.05, 0.1) is 11.9 Å². The van der Waals surface area contributed by atoms with Crippen molar-refractivity contribution >= 4 is 15.8 Å². The first-order valence-corrected chi connectivity index (χ1v) is 7.81. The van der Waals surface area contributed by atoms with E-state index < -0.39 is 10.0 Å². The summed E-state index contributed by atoms with van der Waals surface area (Å²) in [5.41, 5.74) is 0. The predicted octanol–water partition coefficient (Wildman–Crippen LogP) is 0.750. The molecule has 0 aromatic carbocycles. The van der Waals surface area contributed by atoms with Crippen LogP contribution in [0, 0.1) is 0 Å². The van der Waals surface area contributed by atoms with Crippen LogP contribution in [0.2, 0.25) is 0 Å². The number of anilines is 1. The third-order valence-corrected chi connectivity index (χ3v) is 4.26. The second-order valence-electron chi connectivity index (χ2n) is 4.45. The van der Waals surface area contributed by atoms with Crippen LogP contribution in [0.4, 0.5) is 5.82 Å². The van der Waals surface area contributed by atoms with Crippen molar-refractivity contribution < 1.29 is 8.42 Å². The van der Waals surface area contributed by atoms with Crippen LogP contribution in [-0.2, 0) is 10.0 Å². The van der Waals surface area contributed by atoms with Gasteiger partial charge < -0.3 is 5.32 Å². The van der Waals surface area contributed by atoms with E-state index in [1.807, 2.05) is 0 Å². The van der Waals surface area contributed by atoms with Gasteiger partial charge in [-0.2, -0.15) is 0 Å². The number of piperidine rings is 1. The Bertz CT molecular complexity index is 457. The van der Waals surface area contributed by atoms with Crippen LogP contribution >= 0.6 is 0 Å². The molecule has 1 aliphatic heterocycles. The van der Waals surface area contributed by atoms with Gasteiger partial charge in [-0.3, -0.25) is 9.71 Å². The Labute approximate surface area is 107 Å². The number of sulfonamides is 1. The highest BCUT2D eigenvalue weighted by Crippen LogP contribution is 2.12. The van der Waals surface area contributed by atoms with E-state index in [1.165, 1.54) is 31.4 Å². The molecular weight excluding hydrogens is 252 g/mol. The molecule has 100 valence electrons. The zero-order valence-electron chi connectivity index (χ0n) is 10.2. The van der Waals surface area contributed by atoms with Gasteiger partial charge in [-0.25, -0.2) is 13.4 Å². The zero-order chi connectivity index (χ0) is 12.8. The maximum atomic E-state index is 11.8. The first-order valence-electron chi connectivity index (χ1n) is 6.16. The monoisotopic (exact) mass is 270 g/mol. The summed E-state index contributed by atoms with van der Waals surface area (Å²) in [5, 5.41) is 3.34. The minimum Gasteiger partial charge on any atom is -0.314 e. The molecule has 2 heterocycles. The van der Waals surface area contributed by atoms with Gasteiger partial charge in [-0.1, -0.05) is 6.42 Å². The molecule has 1 saturated heterocycles. The second-order valence-corrected chi connectivity index (χ2v) is 6.29. The fourth-order valence-corrected chi connectivity index (χ4v) is 3.15. The normalized spacial score (nSPS) is 20.6. The minimum atomic E-state index is -3.33. The fourth-order valence-electron chi connectivity index (χ4n) is 2.03. The van der Waals surface area contributed by atoms with E-state index in [0.29, 0.717) is 12.5 Å². The molecule has 7 heteroatoms. The van der Waals surface area contributed by atoms with Gasteiger partial charge in [-0.15, -0.1) is 0 Å². The summed E-state index contributed by atoms with van der Waals surface area (Å²) in [5.74, 6) is 0.385. The summed E-state index contributed by atoms with van der Waals surface area (Å²) in [4.78, 5) is 7.71. The Morgan fingerprint density at radius 1 is 1.39 bits per heavy atom. The predicted molar refractivity (Wildman–Crippen MR) is 69.7 cm³/mol. The first kappa shape index (κ1) is 13.2. The van der Waals surface area contributed by atoms with E-state index in [-0.39, 0.29) is 11.6 Å². The van der Waals surface area contributed by atoms with Gasteiger partial charge in [0.15, 0.2) is 5.82 Å². The van der Waals surface area contributed by atoms with Crippen molar-refractivity contribution in [2.45, 2.75) is 31.7 Å². The molecule has 0 spiro atoms. The highest BCUT2D eigenvalue weighted by atomic mass is 32.2. The van der Waals surface area contributed by atoms with Crippen LogP contribution < -0.4 is 10.0 Å². The van der Waals surface area contributed by atoms with E-state index in [9.17, 15) is 8.42 Å². The van der Waals surface area contributed by atoms with Crippen LogP contribution in [0.5, 0.6) is 0 Å². The highest BCUT2D eigenvalue weighted by molar-refractivity contribution is 7.92. The summed E-state index contributed by atoms with van der Waals surface area (Å²) >= 11 is 0. The van der Waals surface area contributed by atoms with Gasteiger partial charge in [0, 0.05) is 18.4 Å². The summed E-state index contributed by atoms with van der Waals surface area (Å²) in [6.07, 6.45) is 8.41. The van der Waals surface area contributed by atoms with Gasteiger partial charge in [0.2, 0.25) is 10.0 Å². The topological polar surface area (TPSA) is 84.0 Å². The Hall–Kier alpha value is -1.21. The molecule has 1 aromatic heterocycles. The second kappa shape index (κ2) is 6.10. The van der Waals surface area contributed by atoms with Crippen molar-refractivity contribution in [3.05, 3.63) is 18.6 Å². The standard InChI is InChI=1S/C11H18N4O2S/c16-18(17,15-11-9-12-6-7-14-11)8-4-10-3-1-2-5-13-10/h6-7,9-10,13H,1-5,8H2,(H,14,15). The van der Waals surface area contributed by atoms with Crippen molar-refractivity contribution in [3.63, 3.8) is 0 Å². The van der Waals surface area contributed by atoms with E-state index in [0.717, 1.165) is 13.0 Å². The van der Waals surface area contributed by atoms with Gasteiger partial charge in [0.25, 0.3) is 0 Å². The molecule has 1 atom stereocenters. The summed E-state index contributed by atoms with van der Waals surface area (Å²) in [6, 6.07) is 0.317. The van der Waals surface area contributed by atoms with Gasteiger partial charge in [0.1, 0.15) is 0 Å². The molecule has 2 rings (SSSR count). The van der Waals surface area contributed by atoms with E-state index in [4.69, 9.17) is 0 Å². The van der Waals surface area contributed by atoms with Crippen molar-refractivity contribution in [2.24, 2.45) is 0 Å². The molecular formula is C11H18N4O2S. The molecule has 1 fully saturated rings. The lowest BCUT2D eigenvalue weighted by Crippen LogP contribution is -2.36. The molecule has 6 nitrogen and oxygen atoms in total. The number of rotatable bonds is 5. The molecule has 0 aliphatic carbocycles. The highest BCUT2D eigenvalue weighted by Gasteiger charge is 2.17. The van der Waals surface area contributed by atoms with Crippen LogP contribution in [-0.4, -0.2) is 36.7 Å². The largest absolute Gasteiger partial charge is 0.314 e. The Morgan fingerprint density at radius 3 is 2.94 bits per heavy atom. The van der Waals surface area contributed by atoms with Crippen molar-refractivity contribution in [1.29, 1.82) is 0 Å². The third-order valence-electron chi connectivity index (χ3n) is 2.97. The molecule has 1 aliphatic rings. The zero-order valence-corrected chi connectivity index (χ0v) is 11.0. The maximum Gasteiger partial charge on any atom is 0.233 e. The SMILES string of the molecule is O=S(=O)(CCC1CCCCN1)Nc1cnccn1. The van der Waals surface area contributed by atoms with Gasteiger partial charge >= 0.3 is 0 Å². The molecule has 0 saturated carbocycles. The minimum absolute atomic E-state index is 0.112. The number of aromatic nitrogens is 2. The molecule has 0 amide bonds. The van der Waals surface area contributed by atoms with E-state index >= 15 is 0 Å². The summed E-state index contributed by atoms with van der Waals surface area (Å²) in [7, 11) is -3.33. The average Bonchev–Trinajstić information content (AvgIpc) is 2.38.